The third-order valence-corrected chi connectivity index (χ3v) is 3.90. The quantitative estimate of drug-likeness (QED) is 0.922. The lowest BCUT2D eigenvalue weighted by atomic mass is 10.0. The molecule has 0 bridgehead atoms. The van der Waals surface area contributed by atoms with Gasteiger partial charge in [0.2, 0.25) is 0 Å². The lowest BCUT2D eigenvalue weighted by Gasteiger charge is -2.17. The third kappa shape index (κ3) is 2.65. The first-order valence-electron chi connectivity index (χ1n) is 6.74. The predicted octanol–water partition coefficient (Wildman–Crippen LogP) is 2.70. The van der Waals surface area contributed by atoms with Gasteiger partial charge in [-0.3, -0.25) is 4.79 Å². The van der Waals surface area contributed by atoms with Crippen LogP contribution in [-0.2, 0) is 0 Å². The number of nitrogens with one attached hydrogen (secondary N) is 1. The van der Waals surface area contributed by atoms with Crippen LogP contribution in [0.4, 0.5) is 0 Å². The largest absolute Gasteiger partial charge is 0.337 e. The molecule has 0 aliphatic carbocycles. The predicted molar refractivity (Wildman–Crippen MR) is 84.6 cm³/mol. The standard InChI is InChI=1S/C16H18N2O.ClH/c1-17-13-9-10-18(11-13)16(19)15-8-4-6-12-5-2-3-7-14(12)15;/h2-8,13,17H,9-11H2,1H3;1H. The number of benzene rings is 2. The van der Waals surface area contributed by atoms with Gasteiger partial charge in [0.15, 0.2) is 0 Å². The van der Waals surface area contributed by atoms with Crippen LogP contribution in [0.3, 0.4) is 0 Å². The van der Waals surface area contributed by atoms with Crippen LogP contribution >= 0.6 is 12.4 Å². The van der Waals surface area contributed by atoms with Gasteiger partial charge in [0.25, 0.3) is 5.91 Å². The number of amides is 1. The van der Waals surface area contributed by atoms with Crippen molar-refractivity contribution in [2.75, 3.05) is 20.1 Å². The van der Waals surface area contributed by atoms with Crippen molar-refractivity contribution >= 4 is 29.1 Å². The smallest absolute Gasteiger partial charge is 0.254 e. The lowest BCUT2D eigenvalue weighted by molar-refractivity contribution is 0.0791. The van der Waals surface area contributed by atoms with Crippen molar-refractivity contribution in [3.8, 4) is 0 Å². The molecule has 1 heterocycles. The topological polar surface area (TPSA) is 32.3 Å². The molecule has 1 atom stereocenters. The van der Waals surface area contributed by atoms with E-state index in [0.717, 1.165) is 35.8 Å². The summed E-state index contributed by atoms with van der Waals surface area (Å²) in [5.74, 6) is 0.148. The first-order chi connectivity index (χ1) is 9.29. The molecule has 4 heteroatoms. The van der Waals surface area contributed by atoms with Crippen molar-refractivity contribution in [2.24, 2.45) is 0 Å². The van der Waals surface area contributed by atoms with Crippen molar-refractivity contribution < 1.29 is 4.79 Å². The number of hydrogen-bond donors (Lipinski definition) is 1. The highest BCUT2D eigenvalue weighted by molar-refractivity contribution is 6.07. The summed E-state index contributed by atoms with van der Waals surface area (Å²) in [5.41, 5.74) is 0.815. The molecule has 106 valence electrons. The minimum absolute atomic E-state index is 0. The van der Waals surface area contributed by atoms with E-state index in [2.05, 4.69) is 5.32 Å². The molecule has 1 fully saturated rings. The first-order valence-corrected chi connectivity index (χ1v) is 6.74. The molecule has 1 unspecified atom stereocenters. The van der Waals surface area contributed by atoms with Gasteiger partial charge in [0.05, 0.1) is 0 Å². The zero-order valence-corrected chi connectivity index (χ0v) is 12.3. The van der Waals surface area contributed by atoms with Gasteiger partial charge < -0.3 is 10.2 Å². The monoisotopic (exact) mass is 290 g/mol. The fourth-order valence-electron chi connectivity index (χ4n) is 2.76. The van der Waals surface area contributed by atoms with E-state index in [0.29, 0.717) is 6.04 Å². The molecule has 1 aliphatic rings. The summed E-state index contributed by atoms with van der Waals surface area (Å²) in [6.07, 6.45) is 1.03. The normalized spacial score (nSPS) is 18.1. The molecule has 2 aromatic rings. The average molecular weight is 291 g/mol. The summed E-state index contributed by atoms with van der Waals surface area (Å²) in [4.78, 5) is 14.6. The molecule has 3 rings (SSSR count). The molecule has 0 radical (unpaired) electrons. The highest BCUT2D eigenvalue weighted by Crippen LogP contribution is 2.21. The maximum atomic E-state index is 12.6. The van der Waals surface area contributed by atoms with E-state index in [1.54, 1.807) is 0 Å². The highest BCUT2D eigenvalue weighted by Gasteiger charge is 2.26. The molecule has 0 saturated carbocycles. The zero-order chi connectivity index (χ0) is 13.2. The SMILES string of the molecule is CNC1CCN(C(=O)c2cccc3ccccc23)C1.Cl. The van der Waals surface area contributed by atoms with Gasteiger partial charge in [-0.05, 0) is 30.3 Å². The van der Waals surface area contributed by atoms with Crippen LogP contribution in [0.2, 0.25) is 0 Å². The Labute approximate surface area is 125 Å². The van der Waals surface area contributed by atoms with Crippen LogP contribution in [0.15, 0.2) is 42.5 Å². The summed E-state index contributed by atoms with van der Waals surface area (Å²) in [6, 6.07) is 14.4. The van der Waals surface area contributed by atoms with Crippen LogP contribution in [-0.4, -0.2) is 37.0 Å². The fourth-order valence-corrected chi connectivity index (χ4v) is 2.76. The second-order valence-corrected chi connectivity index (χ2v) is 5.05. The molecule has 1 N–H and O–H groups in total. The van der Waals surface area contributed by atoms with E-state index < -0.39 is 0 Å². The summed E-state index contributed by atoms with van der Waals surface area (Å²) < 4.78 is 0. The van der Waals surface area contributed by atoms with Gasteiger partial charge in [-0.1, -0.05) is 36.4 Å². The maximum absolute atomic E-state index is 12.6. The Hall–Kier alpha value is -1.58. The van der Waals surface area contributed by atoms with E-state index in [4.69, 9.17) is 0 Å². The van der Waals surface area contributed by atoms with E-state index >= 15 is 0 Å². The number of hydrogen-bond acceptors (Lipinski definition) is 2. The maximum Gasteiger partial charge on any atom is 0.254 e. The number of likely N-dealkylation sites (tertiary alicyclic amines) is 1. The van der Waals surface area contributed by atoms with E-state index in [1.807, 2.05) is 54.4 Å². The van der Waals surface area contributed by atoms with Crippen molar-refractivity contribution in [1.29, 1.82) is 0 Å². The van der Waals surface area contributed by atoms with Crippen LogP contribution in [0, 0.1) is 0 Å². The second-order valence-electron chi connectivity index (χ2n) is 5.05. The Bertz CT molecular complexity index is 609. The van der Waals surface area contributed by atoms with Gasteiger partial charge in [-0.15, -0.1) is 12.4 Å². The Balaban J connectivity index is 0.00000147. The number of fused-ring (bicyclic) bond motifs is 1. The average Bonchev–Trinajstić information content (AvgIpc) is 2.95. The fraction of sp³-hybridized carbons (Fsp3) is 0.312. The Morgan fingerprint density at radius 1 is 1.20 bits per heavy atom. The molecule has 1 aliphatic heterocycles. The second kappa shape index (κ2) is 6.25. The number of halogens is 1. The van der Waals surface area contributed by atoms with Crippen LogP contribution < -0.4 is 5.32 Å². The van der Waals surface area contributed by atoms with Crippen LogP contribution in [0.1, 0.15) is 16.8 Å². The van der Waals surface area contributed by atoms with Crippen molar-refractivity contribution in [3.63, 3.8) is 0 Å². The lowest BCUT2D eigenvalue weighted by Crippen LogP contribution is -2.33. The Kier molecular flexibility index (Phi) is 4.63. The molecule has 1 saturated heterocycles. The number of likely N-dealkylation sites (N-methyl/N-ethyl adjacent to an activating group) is 1. The van der Waals surface area contributed by atoms with E-state index in [9.17, 15) is 4.79 Å². The minimum Gasteiger partial charge on any atom is -0.337 e. The Morgan fingerprint density at radius 3 is 2.70 bits per heavy atom. The van der Waals surface area contributed by atoms with Crippen molar-refractivity contribution in [3.05, 3.63) is 48.0 Å². The zero-order valence-electron chi connectivity index (χ0n) is 11.5. The number of carbonyl (C=O) groups is 1. The Morgan fingerprint density at radius 2 is 1.95 bits per heavy atom. The molecule has 2 aromatic carbocycles. The molecule has 0 spiro atoms. The number of rotatable bonds is 2. The minimum atomic E-state index is 0. The van der Waals surface area contributed by atoms with Crippen molar-refractivity contribution in [1.82, 2.24) is 10.2 Å². The first kappa shape index (κ1) is 14.8. The molecule has 0 aromatic heterocycles. The molecular weight excluding hydrogens is 272 g/mol. The number of carbonyl (C=O) groups excluding carboxylic acids is 1. The molecule has 20 heavy (non-hydrogen) atoms. The van der Waals surface area contributed by atoms with Crippen LogP contribution in [0.5, 0.6) is 0 Å². The van der Waals surface area contributed by atoms with Gasteiger partial charge in [-0.25, -0.2) is 0 Å². The van der Waals surface area contributed by atoms with Gasteiger partial charge in [-0.2, -0.15) is 0 Å². The summed E-state index contributed by atoms with van der Waals surface area (Å²) in [5, 5.41) is 5.41. The van der Waals surface area contributed by atoms with Gasteiger partial charge in [0, 0.05) is 24.7 Å². The summed E-state index contributed by atoms with van der Waals surface area (Å²) in [6.45, 7) is 1.64. The molecule has 3 nitrogen and oxygen atoms in total. The van der Waals surface area contributed by atoms with Crippen molar-refractivity contribution in [2.45, 2.75) is 12.5 Å². The van der Waals surface area contributed by atoms with Gasteiger partial charge >= 0.3 is 0 Å². The van der Waals surface area contributed by atoms with Crippen LogP contribution in [0.25, 0.3) is 10.8 Å². The van der Waals surface area contributed by atoms with E-state index in [-0.39, 0.29) is 18.3 Å². The molecular formula is C16H19ClN2O. The number of nitrogens with zero attached hydrogens (tertiary/aromatic N) is 1. The van der Waals surface area contributed by atoms with Gasteiger partial charge in [0.1, 0.15) is 0 Å². The highest BCUT2D eigenvalue weighted by atomic mass is 35.5. The molecule has 1 amide bonds. The van der Waals surface area contributed by atoms with E-state index in [1.165, 1.54) is 0 Å². The summed E-state index contributed by atoms with van der Waals surface area (Å²) in [7, 11) is 1.95. The third-order valence-electron chi connectivity index (χ3n) is 3.90. The summed E-state index contributed by atoms with van der Waals surface area (Å²) >= 11 is 0.